The molecule has 22 heavy (non-hydrogen) atoms. The molecule has 4 heteroatoms. The standard InChI is InChI=1S/C15H13S3.3CH3.Sn/c1-9-6-7-13(17-9)15-11(3)10(2)14(18-15)12-5-4-8-16-12;;;;/h4-7H,1-3H3;3*1H3;. The summed E-state index contributed by atoms with van der Waals surface area (Å²) in [5, 5.41) is 0. The van der Waals surface area contributed by atoms with E-state index in [-0.39, 0.29) is 0 Å². The van der Waals surface area contributed by atoms with Crippen LogP contribution in [0.2, 0.25) is 14.8 Å². The molecule has 0 bridgehead atoms. The summed E-state index contributed by atoms with van der Waals surface area (Å²) >= 11 is 3.98. The van der Waals surface area contributed by atoms with Gasteiger partial charge < -0.3 is 0 Å². The van der Waals surface area contributed by atoms with E-state index in [1.807, 2.05) is 34.0 Å². The second-order valence-corrected chi connectivity index (χ2v) is 25.6. The first-order valence-corrected chi connectivity index (χ1v) is 20.0. The summed E-state index contributed by atoms with van der Waals surface area (Å²) in [4.78, 5) is 14.7. The van der Waals surface area contributed by atoms with Crippen molar-refractivity contribution >= 4 is 55.3 Å². The SMILES string of the molecule is Cc1ccc(-c2sc(-c3cc[c]([Sn]([CH3])([CH3])[CH3])s3)c(C)c2C)s1. The van der Waals surface area contributed by atoms with Crippen molar-refractivity contribution in [2.24, 2.45) is 0 Å². The third kappa shape index (κ3) is 3.10. The molecule has 0 radical (unpaired) electrons. The molecule has 3 aromatic heterocycles. The van der Waals surface area contributed by atoms with Crippen LogP contribution in [0.3, 0.4) is 0 Å². The molecule has 116 valence electrons. The van der Waals surface area contributed by atoms with E-state index in [2.05, 4.69) is 59.9 Å². The zero-order valence-electron chi connectivity index (χ0n) is 14.0. The molecule has 0 amide bonds. The van der Waals surface area contributed by atoms with Gasteiger partial charge >= 0.3 is 151 Å². The van der Waals surface area contributed by atoms with Gasteiger partial charge in [-0.2, -0.15) is 0 Å². The second-order valence-electron chi connectivity index (χ2n) is 6.83. The molecule has 3 rings (SSSR count). The van der Waals surface area contributed by atoms with Gasteiger partial charge in [0.1, 0.15) is 0 Å². The van der Waals surface area contributed by atoms with Crippen LogP contribution >= 0.6 is 34.0 Å². The van der Waals surface area contributed by atoms with Crippen molar-refractivity contribution in [1.29, 1.82) is 0 Å². The quantitative estimate of drug-likeness (QED) is 0.389. The summed E-state index contributed by atoms with van der Waals surface area (Å²) < 4.78 is 1.67. The Morgan fingerprint density at radius 3 is 1.68 bits per heavy atom. The minimum atomic E-state index is -1.94. The summed E-state index contributed by atoms with van der Waals surface area (Å²) in [6.45, 7) is 6.74. The van der Waals surface area contributed by atoms with Crippen molar-refractivity contribution < 1.29 is 0 Å². The molecule has 3 heterocycles. The molecule has 0 atom stereocenters. The Bertz CT molecular complexity index is 812. The molecule has 0 aromatic carbocycles. The molecule has 0 fully saturated rings. The Morgan fingerprint density at radius 1 is 0.682 bits per heavy atom. The number of thiophene rings is 3. The predicted molar refractivity (Wildman–Crippen MR) is 108 cm³/mol. The molecule has 0 aliphatic carbocycles. The van der Waals surface area contributed by atoms with E-state index < -0.39 is 18.4 Å². The van der Waals surface area contributed by atoms with E-state index in [0.29, 0.717) is 0 Å². The zero-order valence-corrected chi connectivity index (χ0v) is 19.3. The molecule has 0 nitrogen and oxygen atoms in total. The fraction of sp³-hybridized carbons (Fsp3) is 0.333. The van der Waals surface area contributed by atoms with E-state index in [1.54, 1.807) is 2.89 Å². The van der Waals surface area contributed by atoms with Crippen LogP contribution in [0.1, 0.15) is 16.0 Å². The molecule has 0 aliphatic heterocycles. The van der Waals surface area contributed by atoms with E-state index >= 15 is 0 Å². The first-order chi connectivity index (χ1) is 10.3. The van der Waals surface area contributed by atoms with Crippen LogP contribution in [0.5, 0.6) is 0 Å². The maximum atomic E-state index is 2.50. The van der Waals surface area contributed by atoms with Gasteiger partial charge in [0.2, 0.25) is 0 Å². The van der Waals surface area contributed by atoms with Crippen molar-refractivity contribution in [1.82, 2.24) is 0 Å². The van der Waals surface area contributed by atoms with Crippen LogP contribution in [0, 0.1) is 20.8 Å². The van der Waals surface area contributed by atoms with Gasteiger partial charge in [-0.1, -0.05) is 0 Å². The number of rotatable bonds is 3. The summed E-state index contributed by atoms with van der Waals surface area (Å²) in [6.07, 6.45) is 0. The average Bonchev–Trinajstić information content (AvgIpc) is 3.11. The number of aryl methyl sites for hydroxylation is 1. The second kappa shape index (κ2) is 6.08. The Kier molecular flexibility index (Phi) is 4.63. The number of hydrogen-bond donors (Lipinski definition) is 0. The van der Waals surface area contributed by atoms with Crippen molar-refractivity contribution in [2.45, 2.75) is 35.6 Å². The molecule has 0 N–H and O–H groups in total. The Morgan fingerprint density at radius 2 is 1.23 bits per heavy atom. The molecule has 0 aliphatic rings. The molecule has 0 saturated heterocycles. The van der Waals surface area contributed by atoms with Crippen LogP contribution in [0.4, 0.5) is 0 Å². The van der Waals surface area contributed by atoms with Crippen molar-refractivity contribution in [3.05, 3.63) is 40.3 Å². The molecular weight excluding hydrogens is 431 g/mol. The Hall–Kier alpha value is -0.101. The monoisotopic (exact) mass is 454 g/mol. The van der Waals surface area contributed by atoms with Gasteiger partial charge in [-0.15, -0.1) is 0 Å². The first kappa shape index (κ1) is 16.7. The van der Waals surface area contributed by atoms with Crippen LogP contribution in [0.25, 0.3) is 19.5 Å². The van der Waals surface area contributed by atoms with Crippen molar-refractivity contribution in [3.63, 3.8) is 0 Å². The zero-order chi connectivity index (χ0) is 16.1. The van der Waals surface area contributed by atoms with Crippen LogP contribution < -0.4 is 2.89 Å². The van der Waals surface area contributed by atoms with Gasteiger partial charge in [-0.05, 0) is 0 Å². The average molecular weight is 453 g/mol. The molecule has 0 spiro atoms. The summed E-state index contributed by atoms with van der Waals surface area (Å²) in [7, 11) is 0. The maximum absolute atomic E-state index is 2.50. The van der Waals surface area contributed by atoms with E-state index in [0.717, 1.165) is 0 Å². The molecule has 3 aromatic rings. The summed E-state index contributed by atoms with van der Waals surface area (Å²) in [5.41, 5.74) is 2.92. The number of hydrogen-bond acceptors (Lipinski definition) is 3. The summed E-state index contributed by atoms with van der Waals surface area (Å²) in [5.74, 6) is 0. The normalized spacial score (nSPS) is 12.1. The van der Waals surface area contributed by atoms with Crippen molar-refractivity contribution in [2.75, 3.05) is 0 Å². The van der Waals surface area contributed by atoms with Gasteiger partial charge in [-0.3, -0.25) is 0 Å². The topological polar surface area (TPSA) is 0 Å². The molecule has 0 unspecified atom stereocenters. The van der Waals surface area contributed by atoms with Crippen molar-refractivity contribution in [3.8, 4) is 19.5 Å². The van der Waals surface area contributed by atoms with Gasteiger partial charge in [-0.25, -0.2) is 0 Å². The predicted octanol–water partition coefficient (Wildman–Crippen LogP) is 6.68. The van der Waals surface area contributed by atoms with E-state index in [4.69, 9.17) is 0 Å². The Labute approximate surface area is 149 Å². The van der Waals surface area contributed by atoms with E-state index in [1.165, 1.54) is 35.5 Å². The van der Waals surface area contributed by atoms with Gasteiger partial charge in [0, 0.05) is 0 Å². The first-order valence-electron chi connectivity index (χ1n) is 7.55. The van der Waals surface area contributed by atoms with Gasteiger partial charge in [0.15, 0.2) is 0 Å². The third-order valence-corrected chi connectivity index (χ3v) is 17.3. The molecule has 0 saturated carbocycles. The van der Waals surface area contributed by atoms with Crippen LogP contribution in [0.15, 0.2) is 24.3 Å². The Balaban J connectivity index is 2.07. The van der Waals surface area contributed by atoms with Crippen LogP contribution in [-0.4, -0.2) is 18.4 Å². The molecular formula is C18H22S3Sn. The minimum absolute atomic E-state index is 1.39. The summed E-state index contributed by atoms with van der Waals surface area (Å²) in [6, 6.07) is 9.24. The fourth-order valence-electron chi connectivity index (χ4n) is 2.49. The van der Waals surface area contributed by atoms with Crippen LogP contribution in [-0.2, 0) is 0 Å². The third-order valence-electron chi connectivity index (χ3n) is 3.98. The fourth-order valence-corrected chi connectivity index (χ4v) is 11.3. The van der Waals surface area contributed by atoms with Gasteiger partial charge in [0.25, 0.3) is 0 Å². The van der Waals surface area contributed by atoms with E-state index in [9.17, 15) is 0 Å². The van der Waals surface area contributed by atoms with Gasteiger partial charge in [0.05, 0.1) is 0 Å².